The number of rotatable bonds is 5. The second-order valence-electron chi connectivity index (χ2n) is 3.07. The molecule has 1 heterocycles. The molecule has 0 atom stereocenters. The van der Waals surface area contributed by atoms with E-state index in [0.29, 0.717) is 12.2 Å². The number of allylic oxidation sites excluding steroid dienone is 1. The molecule has 0 amide bonds. The van der Waals surface area contributed by atoms with Crippen LogP contribution in [0.4, 0.5) is 5.69 Å². The van der Waals surface area contributed by atoms with E-state index in [-0.39, 0.29) is 10.6 Å². The molecule has 0 fully saturated rings. The van der Waals surface area contributed by atoms with Crippen molar-refractivity contribution in [3.05, 3.63) is 34.2 Å². The summed E-state index contributed by atoms with van der Waals surface area (Å²) in [5.41, 5.74) is 0.293. The predicted octanol–water partition coefficient (Wildman–Crippen LogP) is 1.90. The summed E-state index contributed by atoms with van der Waals surface area (Å²) in [6, 6.07) is 0. The number of hydrogen-bond donors (Lipinski definition) is 1. The Morgan fingerprint density at radius 1 is 1.73 bits per heavy atom. The molecule has 0 aliphatic carbocycles. The number of hydrogen-bond acceptors (Lipinski definition) is 3. The van der Waals surface area contributed by atoms with Crippen molar-refractivity contribution >= 4 is 17.3 Å². The summed E-state index contributed by atoms with van der Waals surface area (Å²) in [7, 11) is 0. The van der Waals surface area contributed by atoms with Gasteiger partial charge in [-0.1, -0.05) is 24.6 Å². The van der Waals surface area contributed by atoms with Gasteiger partial charge in [-0.3, -0.25) is 4.79 Å². The zero-order valence-corrected chi connectivity index (χ0v) is 9.42. The normalized spacial score (nSPS) is 10.0. The summed E-state index contributed by atoms with van der Waals surface area (Å²) in [6.45, 7) is 6.71. The van der Waals surface area contributed by atoms with Gasteiger partial charge in [-0.15, -0.1) is 6.58 Å². The maximum Gasteiger partial charge on any atom is 0.287 e. The molecule has 0 aromatic carbocycles. The highest BCUT2D eigenvalue weighted by atomic mass is 35.5. The molecule has 5 heteroatoms. The third kappa shape index (κ3) is 2.83. The van der Waals surface area contributed by atoms with Gasteiger partial charge in [0.05, 0.1) is 18.4 Å². The first-order chi connectivity index (χ1) is 7.20. The standard InChI is InChI=1S/C10H14ClN3O/c1-3-5-12-8-7-13-14(6-4-2)10(15)9(8)11/h4,7,12H,2-3,5-6H2,1H3. The fraction of sp³-hybridized carbons (Fsp3) is 0.400. The molecule has 1 rings (SSSR count). The van der Waals surface area contributed by atoms with Crippen LogP contribution < -0.4 is 10.9 Å². The zero-order valence-electron chi connectivity index (χ0n) is 8.66. The number of anilines is 1. The van der Waals surface area contributed by atoms with Crippen molar-refractivity contribution in [2.75, 3.05) is 11.9 Å². The van der Waals surface area contributed by atoms with Crippen molar-refractivity contribution in [2.45, 2.75) is 19.9 Å². The first-order valence-electron chi connectivity index (χ1n) is 4.81. The van der Waals surface area contributed by atoms with Gasteiger partial charge < -0.3 is 5.32 Å². The molecule has 1 aromatic rings. The summed E-state index contributed by atoms with van der Waals surface area (Å²) >= 11 is 5.90. The van der Waals surface area contributed by atoms with Crippen LogP contribution >= 0.6 is 11.6 Å². The quantitative estimate of drug-likeness (QED) is 0.782. The molecule has 0 aliphatic rings. The molecule has 0 aliphatic heterocycles. The molecule has 82 valence electrons. The summed E-state index contributed by atoms with van der Waals surface area (Å²) in [5.74, 6) is 0. The van der Waals surface area contributed by atoms with Crippen molar-refractivity contribution in [2.24, 2.45) is 0 Å². The van der Waals surface area contributed by atoms with Gasteiger partial charge >= 0.3 is 0 Å². The van der Waals surface area contributed by atoms with E-state index in [2.05, 4.69) is 17.0 Å². The van der Waals surface area contributed by atoms with E-state index in [1.165, 1.54) is 4.68 Å². The van der Waals surface area contributed by atoms with Crippen LogP contribution in [-0.4, -0.2) is 16.3 Å². The minimum absolute atomic E-state index is 0.181. The molecular formula is C10H14ClN3O. The van der Waals surface area contributed by atoms with E-state index in [9.17, 15) is 4.79 Å². The highest BCUT2D eigenvalue weighted by molar-refractivity contribution is 6.32. The van der Waals surface area contributed by atoms with Gasteiger partial charge in [0.25, 0.3) is 5.56 Å². The Bertz CT molecular complexity index is 400. The Balaban J connectivity index is 2.99. The van der Waals surface area contributed by atoms with E-state index in [1.54, 1.807) is 12.3 Å². The van der Waals surface area contributed by atoms with Gasteiger partial charge in [-0.05, 0) is 6.42 Å². The smallest absolute Gasteiger partial charge is 0.287 e. The van der Waals surface area contributed by atoms with Crippen molar-refractivity contribution in [3.8, 4) is 0 Å². The van der Waals surface area contributed by atoms with Crippen LogP contribution in [0.15, 0.2) is 23.6 Å². The Hall–Kier alpha value is -1.29. The lowest BCUT2D eigenvalue weighted by Crippen LogP contribution is -2.23. The molecular weight excluding hydrogens is 214 g/mol. The fourth-order valence-electron chi connectivity index (χ4n) is 1.10. The minimum Gasteiger partial charge on any atom is -0.382 e. The monoisotopic (exact) mass is 227 g/mol. The molecule has 4 nitrogen and oxygen atoms in total. The van der Waals surface area contributed by atoms with Crippen LogP contribution in [-0.2, 0) is 6.54 Å². The lowest BCUT2D eigenvalue weighted by Gasteiger charge is -2.07. The van der Waals surface area contributed by atoms with Crippen molar-refractivity contribution in [1.29, 1.82) is 0 Å². The van der Waals surface area contributed by atoms with Gasteiger partial charge in [0.2, 0.25) is 0 Å². The van der Waals surface area contributed by atoms with Crippen molar-refractivity contribution in [3.63, 3.8) is 0 Å². The summed E-state index contributed by atoms with van der Waals surface area (Å²) in [6.07, 6.45) is 4.12. The van der Waals surface area contributed by atoms with Crippen LogP contribution in [0.3, 0.4) is 0 Å². The van der Waals surface area contributed by atoms with Gasteiger partial charge in [-0.25, -0.2) is 4.68 Å². The number of aromatic nitrogens is 2. The average molecular weight is 228 g/mol. The SMILES string of the molecule is C=CCn1ncc(NCCC)c(Cl)c1=O. The molecule has 0 bridgehead atoms. The summed E-state index contributed by atoms with van der Waals surface area (Å²) < 4.78 is 1.27. The molecule has 0 saturated carbocycles. The van der Waals surface area contributed by atoms with Gasteiger partial charge in [0, 0.05) is 6.54 Å². The first kappa shape index (κ1) is 11.8. The third-order valence-corrected chi connectivity index (χ3v) is 2.22. The van der Waals surface area contributed by atoms with Crippen molar-refractivity contribution < 1.29 is 0 Å². The molecule has 0 saturated heterocycles. The molecule has 1 aromatic heterocycles. The number of halogens is 1. The second kappa shape index (κ2) is 5.56. The predicted molar refractivity (Wildman–Crippen MR) is 62.5 cm³/mol. The lowest BCUT2D eigenvalue weighted by atomic mass is 10.4. The summed E-state index contributed by atoms with van der Waals surface area (Å²) in [5, 5.41) is 7.19. The molecule has 15 heavy (non-hydrogen) atoms. The topological polar surface area (TPSA) is 46.9 Å². The summed E-state index contributed by atoms with van der Waals surface area (Å²) in [4.78, 5) is 11.6. The van der Waals surface area contributed by atoms with Gasteiger partial charge in [-0.2, -0.15) is 5.10 Å². The Kier molecular flexibility index (Phi) is 4.37. The maximum atomic E-state index is 11.6. The average Bonchev–Trinajstić information content (AvgIpc) is 2.24. The number of nitrogens with one attached hydrogen (secondary N) is 1. The number of nitrogens with zero attached hydrogens (tertiary/aromatic N) is 2. The molecule has 0 unspecified atom stereocenters. The highest BCUT2D eigenvalue weighted by Crippen LogP contribution is 2.14. The van der Waals surface area contributed by atoms with E-state index in [0.717, 1.165) is 13.0 Å². The van der Waals surface area contributed by atoms with Crippen LogP contribution in [0.1, 0.15) is 13.3 Å². The highest BCUT2D eigenvalue weighted by Gasteiger charge is 2.07. The van der Waals surface area contributed by atoms with Gasteiger partial charge in [0.15, 0.2) is 0 Å². The Labute approximate surface area is 93.6 Å². The Morgan fingerprint density at radius 3 is 3.07 bits per heavy atom. The molecule has 0 radical (unpaired) electrons. The van der Waals surface area contributed by atoms with Crippen LogP contribution in [0, 0.1) is 0 Å². The second-order valence-corrected chi connectivity index (χ2v) is 3.45. The van der Waals surface area contributed by atoms with Crippen LogP contribution in [0.2, 0.25) is 5.02 Å². The fourth-order valence-corrected chi connectivity index (χ4v) is 1.31. The van der Waals surface area contributed by atoms with E-state index in [1.807, 2.05) is 6.92 Å². The minimum atomic E-state index is -0.294. The maximum absolute atomic E-state index is 11.6. The lowest BCUT2D eigenvalue weighted by molar-refractivity contribution is 0.653. The van der Waals surface area contributed by atoms with E-state index < -0.39 is 0 Å². The van der Waals surface area contributed by atoms with Crippen LogP contribution in [0.25, 0.3) is 0 Å². The zero-order chi connectivity index (χ0) is 11.3. The molecule has 0 spiro atoms. The molecule has 1 N–H and O–H groups in total. The van der Waals surface area contributed by atoms with E-state index in [4.69, 9.17) is 11.6 Å². The third-order valence-electron chi connectivity index (χ3n) is 1.85. The van der Waals surface area contributed by atoms with Crippen LogP contribution in [0.5, 0.6) is 0 Å². The first-order valence-corrected chi connectivity index (χ1v) is 5.18. The van der Waals surface area contributed by atoms with Crippen molar-refractivity contribution in [1.82, 2.24) is 9.78 Å². The Morgan fingerprint density at radius 2 is 2.47 bits per heavy atom. The largest absolute Gasteiger partial charge is 0.382 e. The van der Waals surface area contributed by atoms with E-state index >= 15 is 0 Å². The van der Waals surface area contributed by atoms with Gasteiger partial charge in [0.1, 0.15) is 5.02 Å².